The highest BCUT2D eigenvalue weighted by atomic mass is 32.2. The zero-order valence-electron chi connectivity index (χ0n) is 149. The van der Waals surface area contributed by atoms with Gasteiger partial charge in [0.2, 0.25) is 17.7 Å². The Morgan fingerprint density at radius 3 is 1.17 bits per heavy atom. The van der Waals surface area contributed by atoms with Gasteiger partial charge in [-0.15, -0.1) is 0 Å². The number of hydrogen-bond donors (Lipinski definition) is 0. The summed E-state index contributed by atoms with van der Waals surface area (Å²) in [5.41, 5.74) is -36.9. The lowest BCUT2D eigenvalue weighted by molar-refractivity contribution is -0.138. The van der Waals surface area contributed by atoms with E-state index in [4.69, 9.17) is 83.6 Å². The summed E-state index contributed by atoms with van der Waals surface area (Å²) in [4.78, 5) is 94.5. The van der Waals surface area contributed by atoms with E-state index in [0.717, 1.165) is 60.0 Å². The Balaban J connectivity index is 0.000000259. The first kappa shape index (κ1) is 48.5. The van der Waals surface area contributed by atoms with Crippen molar-refractivity contribution in [2.75, 3.05) is 84.5 Å². The van der Waals surface area contributed by atoms with Crippen LogP contribution in [0, 0.1) is 35.2 Å². The lowest BCUT2D eigenvalue weighted by atomic mass is 9.82. The molecule has 144 heavy (non-hydrogen) atoms. The summed E-state index contributed by atoms with van der Waals surface area (Å²) in [5.74, 6) is -19.6. The highest BCUT2D eigenvalue weighted by Crippen LogP contribution is 2.42. The van der Waals surface area contributed by atoms with Crippen molar-refractivity contribution in [1.82, 2.24) is 58.1 Å². The van der Waals surface area contributed by atoms with Crippen LogP contribution in [0.25, 0.3) is 22.3 Å². The lowest BCUT2D eigenvalue weighted by Gasteiger charge is -2.30. The van der Waals surface area contributed by atoms with Gasteiger partial charge in [-0.2, -0.15) is 54.5 Å². The van der Waals surface area contributed by atoms with Crippen LogP contribution in [-0.4, -0.2) is 166 Å². The molecular formula is C111H124F12N12O6S3. The highest BCUT2D eigenvalue weighted by molar-refractivity contribution is 7.98. The van der Waals surface area contributed by atoms with Crippen molar-refractivity contribution >= 4 is 53.0 Å². The maximum absolute atomic E-state index is 15.4. The van der Waals surface area contributed by atoms with Crippen LogP contribution in [0.1, 0.15) is 261 Å². The summed E-state index contributed by atoms with van der Waals surface area (Å²) < 4.78 is 801. The minimum absolute atomic E-state index is 0.0228. The van der Waals surface area contributed by atoms with Crippen LogP contribution >= 0.6 is 35.3 Å². The summed E-state index contributed by atoms with van der Waals surface area (Å²) in [6, 6.07) is -27.6. The molecule has 33 heteroatoms. The molecule has 0 spiro atoms. The monoisotopic (exact) mass is 2120 g/mol. The van der Waals surface area contributed by atoms with Crippen molar-refractivity contribution in [2.24, 2.45) is 17.7 Å². The van der Waals surface area contributed by atoms with Gasteiger partial charge in [0.1, 0.15) is 37.1 Å². The molecule has 0 radical (unpaired) electrons. The molecule has 10 aromatic rings. The van der Waals surface area contributed by atoms with Crippen LogP contribution in [0.5, 0.6) is 0 Å². The number of fused-ring (bicyclic) bond motifs is 3. The maximum atomic E-state index is 15.4. The van der Waals surface area contributed by atoms with Gasteiger partial charge in [-0.3, -0.25) is 28.8 Å². The van der Waals surface area contributed by atoms with Crippen LogP contribution in [0.4, 0.5) is 52.7 Å². The molecule has 0 N–H and O–H groups in total. The fourth-order valence-corrected chi connectivity index (χ4v) is 14.8. The minimum Gasteiger partial charge on any atom is -0.336 e. The second-order valence-electron chi connectivity index (χ2n) is 29.1. The Kier molecular flexibility index (Phi) is 17.1. The number of carbonyl (C=O) groups is 3. The molecule has 3 aromatic heterocycles. The molecule has 3 amide bonds. The zero-order valence-corrected chi connectivity index (χ0v) is 78.2. The van der Waals surface area contributed by atoms with E-state index in [1.807, 2.05) is 0 Å². The first-order valence-corrected chi connectivity index (χ1v) is 43.9. The Labute approximate surface area is 948 Å². The van der Waals surface area contributed by atoms with E-state index in [2.05, 4.69) is 15.0 Å². The predicted octanol–water partition coefficient (Wildman–Crippen LogP) is 22.4. The standard InChI is InChI=1S/2C37H40F4N4O2S.C37H44F4N4O2S/c2*1-4-43(5-2)18-19-44(22-26-6-10-28(11-7-26)29-12-14-30(15-13-29)37(39,40)41)34(46)23-45-33-21-25(3)20-32(33)35(47)42-36(45)48-24-27-8-16-31(38)17-9-27;1-4-43(5-2)19-20-44(22-26-9-13-28(14-10-26)29-15-18-32(25(3)21-29)37(39,40)41)34(46)23-45-33-8-6-7-31(33)35(47)42-36(45)48-24-27-11-16-30(38)17-12-27/h2*6-17,25H,4-5,18-24H2,1-3H3;9,11-13,15-18,25H,4-8,10,14,19-24H2,1-3H3/i4D2,5D2,6D,7D,8D,9D,10D,11D,12D,13D,14D,15D,16D,17D,18D2,19D2,20D2,21D2,22D2,24D2,25D;4D2,5D2,8D,9D,16D,17D,18D2,19D2,20D2,21D2,22D2,24D2,25D;4D2,5D2,9D,10D,11D,12D,13D,14D,15D,16D,17D,18D,19D2,20D2,21D,22D2,24D2. The number of allylic oxidation sites excluding steroid dienone is 7. The van der Waals surface area contributed by atoms with Crippen molar-refractivity contribution in [1.29, 1.82) is 0 Å². The molecule has 0 saturated heterocycles. The highest BCUT2D eigenvalue weighted by Gasteiger charge is 2.40. The van der Waals surface area contributed by atoms with Crippen molar-refractivity contribution in [3.8, 4) is 22.3 Å². The molecule has 0 fully saturated rings. The lowest BCUT2D eigenvalue weighted by Crippen LogP contribution is -2.42. The third-order valence-electron chi connectivity index (χ3n) is 19.5. The summed E-state index contributed by atoms with van der Waals surface area (Å²) in [5, 5.41) is -3.43. The van der Waals surface area contributed by atoms with Gasteiger partial charge in [0.25, 0.3) is 16.7 Å². The molecule has 6 unspecified atom stereocenters. The Morgan fingerprint density at radius 1 is 0.403 bits per heavy atom. The normalized spacial score (nSPS) is 28.9. The van der Waals surface area contributed by atoms with E-state index in [1.165, 1.54) is 0 Å². The van der Waals surface area contributed by atoms with Crippen LogP contribution < -0.4 is 16.7 Å². The van der Waals surface area contributed by atoms with E-state index in [1.54, 1.807) is 0 Å². The zero-order chi connectivity index (χ0) is 168. The van der Waals surface area contributed by atoms with Crippen molar-refractivity contribution in [3.63, 3.8) is 0 Å². The molecule has 7 aromatic carbocycles. The first-order chi connectivity index (χ1) is 97.0. The van der Waals surface area contributed by atoms with Gasteiger partial charge in [-0.05, 0) is 242 Å². The van der Waals surface area contributed by atoms with Crippen LogP contribution in [0.15, 0.2) is 246 Å². The Hall–Kier alpha value is -11.4. The third kappa shape index (κ3) is 29.8. The fourth-order valence-electron chi connectivity index (χ4n) is 12.7. The number of benzene rings is 7. The van der Waals surface area contributed by atoms with Crippen LogP contribution in [0.2, 0.25) is 0 Å². The number of hydrogen-bond acceptors (Lipinski definition) is 15. The molecule has 6 atom stereocenters. The molecule has 5 aliphatic rings. The Bertz CT molecular complexity index is 10400. The molecule has 0 aliphatic heterocycles. The molecule has 0 bridgehead atoms. The van der Waals surface area contributed by atoms with Crippen LogP contribution in [0.3, 0.4) is 0 Å². The first-order valence-electron chi connectivity index (χ1n) is 78.2. The third-order valence-corrected chi connectivity index (χ3v) is 21.9. The summed E-state index contributed by atoms with van der Waals surface area (Å²) in [7, 11) is 0. The molecule has 15 rings (SSSR count). The smallest absolute Gasteiger partial charge is 0.336 e. The van der Waals surface area contributed by atoms with Crippen molar-refractivity contribution in [3.05, 3.63) is 337 Å². The number of halogens is 12. The number of nitrogens with zero attached hydrogens (tertiary/aromatic N) is 12. The molecule has 5 aliphatic carbocycles. The van der Waals surface area contributed by atoms with Crippen molar-refractivity contribution in [2.45, 2.75) is 210 Å². The van der Waals surface area contributed by atoms with Gasteiger partial charge in [-0.1, -0.05) is 236 Å². The molecule has 18 nitrogen and oxygen atoms in total. The maximum Gasteiger partial charge on any atom is 0.416 e. The largest absolute Gasteiger partial charge is 0.416 e. The second kappa shape index (κ2) is 50.6. The van der Waals surface area contributed by atoms with Gasteiger partial charge in [0.15, 0.2) is 15.5 Å². The summed E-state index contributed by atoms with van der Waals surface area (Å²) >= 11 is -0.996. The van der Waals surface area contributed by atoms with E-state index in [-0.39, 0.29) is 84.1 Å². The molecule has 766 valence electrons. The van der Waals surface area contributed by atoms with Gasteiger partial charge in [-0.25, -0.2) is 13.2 Å². The Morgan fingerprint density at radius 2 is 0.771 bits per heavy atom. The predicted molar refractivity (Wildman–Crippen MR) is 544 cm³/mol. The van der Waals surface area contributed by atoms with E-state index >= 15 is 14.4 Å². The number of rotatable bonds is 39. The molecule has 3 heterocycles. The SMILES string of the molecule is [2H]C1=C(C2=C([2H])C([2H])=C(C(F)(F)F)C(C)C2[2H])C([2H])C([2H])C(C([2H])([2H])N(C(=O)Cn2c(SC([2H])([2H])c3c([2H])c([2H])c(F)c([2H])c3[2H])nc(=O)c3c2CCC3)C([2H])([2H])C([2H])([2H])N(C([2H])([2H])C)C([2H])([2H])C)=C1[2H].[2H]c1c([2H])c(C([2H])([2H])Sc2nc(=O)c3c(n2CC(=O)N(C([2H])([2H])c2c([2H])c([2H])c(-c4c([2H])c([2H])c(C(F)(F)F)c([2H])c4[2H])c([2H])c2[2H])C([2H])([2H])C([2H])([2H])N(C([2H])([2H])C)C([2H])([2H])C)C([2H])([2H])C([2H])(C)C3([2H])[2H])c([2H])c([2H])c1F.[2H]c1c([2H])c(C([2H])([2H])Sc2nc(=O)c3c(n2CC(=O)N(C([2H])([2H])c2ccc(-c4ccc(C(F)(F)F)cc4)cc2)C([2H])([2H])C([2H])([2H])N(C([2H])([2H])C)C([2H])([2H])C)C([2H])([2H])C([2H])(C)C3([2H])[2H])c([2H])c([2H])c1F. The summed E-state index contributed by atoms with van der Waals surface area (Å²) in [6.07, 6.45) is -36.6. The van der Waals surface area contributed by atoms with Crippen molar-refractivity contribution < 1.29 is 167 Å². The fraction of sp³-hybridized carbons (Fsp3) is 0.414. The average Bonchev–Trinajstić information content (AvgIpc) is 1.52. The minimum atomic E-state index is -5.54. The van der Waals surface area contributed by atoms with Gasteiger partial charge in [0, 0.05) is 166 Å². The topological polar surface area (TPSA) is 175 Å². The number of amides is 3. The number of thioether (sulfide) groups is 3. The van der Waals surface area contributed by atoms with Gasteiger partial charge in [0.05, 0.1) is 60.5 Å². The van der Waals surface area contributed by atoms with Crippen LogP contribution in [-0.2, 0) is 115 Å². The summed E-state index contributed by atoms with van der Waals surface area (Å²) in [6.45, 7) is -58.2. The molecular weight excluding hydrogens is 1920 g/mol. The van der Waals surface area contributed by atoms with E-state index in [9.17, 15) is 83.5 Å². The van der Waals surface area contributed by atoms with Gasteiger partial charge >= 0.3 is 18.5 Å². The van der Waals surface area contributed by atoms with E-state index < -0.39 is 554 Å². The van der Waals surface area contributed by atoms with E-state index in [0.29, 0.717) is 55.4 Å². The number of likely N-dealkylation sites (N-methyl/N-ethyl adjacent to an activating group) is 3. The number of aromatic nitrogens is 6. The number of alkyl halides is 9. The molecule has 0 saturated carbocycles. The number of carbonyl (C=O) groups excluding carboxylic acids is 3. The quantitative estimate of drug-likeness (QED) is 0.0202. The second-order valence-corrected chi connectivity index (χ2v) is 31.5. The average molecular weight is 2120 g/mol. The van der Waals surface area contributed by atoms with Gasteiger partial charge < -0.3 is 43.1 Å².